The second-order valence-electron chi connectivity index (χ2n) is 5.46. The van der Waals surface area contributed by atoms with Gasteiger partial charge in [0.25, 0.3) is 0 Å². The van der Waals surface area contributed by atoms with Crippen molar-refractivity contribution in [2.24, 2.45) is 11.1 Å². The van der Waals surface area contributed by atoms with Gasteiger partial charge in [-0.05, 0) is 12.3 Å². The van der Waals surface area contributed by atoms with Crippen molar-refractivity contribution in [1.82, 2.24) is 14.5 Å². The summed E-state index contributed by atoms with van der Waals surface area (Å²) in [4.78, 5) is 18.1. The van der Waals surface area contributed by atoms with Gasteiger partial charge in [-0.3, -0.25) is 4.79 Å². The molecule has 2 rings (SSSR count). The van der Waals surface area contributed by atoms with Crippen LogP contribution in [0.25, 0.3) is 0 Å². The summed E-state index contributed by atoms with van der Waals surface area (Å²) in [6.07, 6.45) is 5.56. The summed E-state index contributed by atoms with van der Waals surface area (Å²) in [7, 11) is -3.46. The number of aromatic nitrogens is 2. The van der Waals surface area contributed by atoms with Gasteiger partial charge in [-0.2, -0.15) is 0 Å². The summed E-state index contributed by atoms with van der Waals surface area (Å²) < 4.78 is 24.1. The van der Waals surface area contributed by atoms with Crippen molar-refractivity contribution in [3.63, 3.8) is 0 Å². The van der Waals surface area contributed by atoms with Crippen LogP contribution in [0.5, 0.6) is 0 Å². The van der Waals surface area contributed by atoms with E-state index in [9.17, 15) is 13.2 Å². The third-order valence-electron chi connectivity index (χ3n) is 3.79. The highest BCUT2D eigenvalue weighted by atomic mass is 32.2. The van der Waals surface area contributed by atoms with Crippen LogP contribution >= 0.6 is 0 Å². The Morgan fingerprint density at radius 1 is 1.52 bits per heavy atom. The van der Waals surface area contributed by atoms with E-state index in [0.29, 0.717) is 32.5 Å². The molecule has 7 nitrogen and oxygen atoms in total. The highest BCUT2D eigenvalue weighted by molar-refractivity contribution is 7.89. The van der Waals surface area contributed by atoms with E-state index < -0.39 is 10.0 Å². The van der Waals surface area contributed by atoms with E-state index in [1.807, 2.05) is 17.7 Å². The molecule has 0 aromatic carbocycles. The van der Waals surface area contributed by atoms with Crippen LogP contribution < -0.4 is 5.14 Å². The molecular formula is C13H22N4O3S. The molecule has 1 fully saturated rings. The molecule has 1 amide bonds. The normalized spacial score (nSPS) is 19.1. The van der Waals surface area contributed by atoms with Gasteiger partial charge in [-0.15, -0.1) is 0 Å². The van der Waals surface area contributed by atoms with Gasteiger partial charge in [0, 0.05) is 44.9 Å². The third-order valence-corrected chi connectivity index (χ3v) is 4.73. The number of rotatable bonds is 6. The first-order valence-electron chi connectivity index (χ1n) is 7.17. The van der Waals surface area contributed by atoms with Crippen LogP contribution in [0.15, 0.2) is 12.4 Å². The summed E-state index contributed by atoms with van der Waals surface area (Å²) in [5.41, 5.74) is 0. The van der Waals surface area contributed by atoms with Gasteiger partial charge >= 0.3 is 0 Å². The molecule has 0 saturated carbocycles. The fraction of sp³-hybridized carbons (Fsp3) is 0.692. The minimum absolute atomic E-state index is 0.0385. The minimum Gasteiger partial charge on any atom is -0.342 e. The van der Waals surface area contributed by atoms with E-state index in [4.69, 9.17) is 5.14 Å². The van der Waals surface area contributed by atoms with Crippen LogP contribution in [-0.4, -0.2) is 47.6 Å². The van der Waals surface area contributed by atoms with Crippen LogP contribution in [0.2, 0.25) is 0 Å². The number of carbonyl (C=O) groups excluding carboxylic acids is 1. The average molecular weight is 314 g/mol. The smallest absolute Gasteiger partial charge is 0.224 e. The first-order valence-corrected chi connectivity index (χ1v) is 8.89. The van der Waals surface area contributed by atoms with Crippen LogP contribution in [0.4, 0.5) is 0 Å². The maximum atomic E-state index is 12.2. The Labute approximate surface area is 125 Å². The Bertz CT molecular complexity index is 596. The van der Waals surface area contributed by atoms with Gasteiger partial charge in [0.05, 0.1) is 5.75 Å². The fourth-order valence-electron chi connectivity index (χ4n) is 2.76. The molecule has 1 aromatic rings. The molecular weight excluding hydrogens is 292 g/mol. The number of likely N-dealkylation sites (tertiary alicyclic amines) is 1. The minimum atomic E-state index is -3.46. The van der Waals surface area contributed by atoms with E-state index in [2.05, 4.69) is 4.98 Å². The lowest BCUT2D eigenvalue weighted by molar-refractivity contribution is -0.130. The van der Waals surface area contributed by atoms with Crippen molar-refractivity contribution in [2.75, 3.05) is 18.8 Å². The first-order chi connectivity index (χ1) is 9.89. The van der Waals surface area contributed by atoms with Gasteiger partial charge < -0.3 is 9.47 Å². The maximum absolute atomic E-state index is 12.2. The summed E-state index contributed by atoms with van der Waals surface area (Å²) in [6, 6.07) is 0. The largest absolute Gasteiger partial charge is 0.342 e. The van der Waals surface area contributed by atoms with Crippen molar-refractivity contribution in [1.29, 1.82) is 0 Å². The third kappa shape index (κ3) is 4.53. The Morgan fingerprint density at radius 3 is 2.95 bits per heavy atom. The maximum Gasteiger partial charge on any atom is 0.224 e. The number of hydrogen-bond donors (Lipinski definition) is 1. The van der Waals surface area contributed by atoms with Gasteiger partial charge in [0.1, 0.15) is 5.82 Å². The van der Waals surface area contributed by atoms with E-state index in [1.165, 1.54) is 0 Å². The quantitative estimate of drug-likeness (QED) is 0.797. The number of nitrogens with zero attached hydrogens (tertiary/aromatic N) is 3. The lowest BCUT2D eigenvalue weighted by atomic mass is 10.2. The summed E-state index contributed by atoms with van der Waals surface area (Å²) in [5.74, 6) is 0.945. The highest BCUT2D eigenvalue weighted by Gasteiger charge is 2.28. The molecule has 1 aromatic heterocycles. The Morgan fingerprint density at radius 2 is 2.29 bits per heavy atom. The predicted molar refractivity (Wildman–Crippen MR) is 78.9 cm³/mol. The second kappa shape index (κ2) is 6.57. The Hall–Kier alpha value is -1.41. The van der Waals surface area contributed by atoms with E-state index in [1.54, 1.807) is 11.1 Å². The molecule has 1 atom stereocenters. The molecule has 21 heavy (non-hydrogen) atoms. The van der Waals surface area contributed by atoms with Crippen LogP contribution in [-0.2, 0) is 27.8 Å². The zero-order valence-corrected chi connectivity index (χ0v) is 13.1. The molecule has 0 aliphatic carbocycles. The summed E-state index contributed by atoms with van der Waals surface area (Å²) >= 11 is 0. The number of aryl methyl sites for hydroxylation is 2. The molecule has 2 N–H and O–H groups in total. The molecule has 1 aliphatic rings. The predicted octanol–water partition coefficient (Wildman–Crippen LogP) is -0.0274. The SMILES string of the molecule is CCc1nccn1CCC(=O)N1CC[C@H](CS(N)(=O)=O)C1. The number of carbonyl (C=O) groups is 1. The zero-order valence-electron chi connectivity index (χ0n) is 12.2. The topological polar surface area (TPSA) is 98.3 Å². The van der Waals surface area contributed by atoms with E-state index >= 15 is 0 Å². The van der Waals surface area contributed by atoms with Gasteiger partial charge in [-0.25, -0.2) is 18.5 Å². The van der Waals surface area contributed by atoms with Gasteiger partial charge in [0.2, 0.25) is 15.9 Å². The highest BCUT2D eigenvalue weighted by Crippen LogP contribution is 2.18. The molecule has 0 unspecified atom stereocenters. The van der Waals surface area contributed by atoms with Gasteiger partial charge in [-0.1, -0.05) is 6.92 Å². The first kappa shape index (κ1) is 16.0. The number of sulfonamides is 1. The second-order valence-corrected chi connectivity index (χ2v) is 7.12. The molecule has 8 heteroatoms. The lowest BCUT2D eigenvalue weighted by Gasteiger charge is -2.17. The average Bonchev–Trinajstić information content (AvgIpc) is 3.02. The Balaban J connectivity index is 1.82. The molecule has 0 radical (unpaired) electrons. The summed E-state index contributed by atoms with van der Waals surface area (Å²) in [6.45, 7) is 3.74. The fourth-order valence-corrected chi connectivity index (χ4v) is 3.69. The van der Waals surface area contributed by atoms with E-state index in [0.717, 1.165) is 12.2 Å². The molecule has 1 saturated heterocycles. The van der Waals surface area contributed by atoms with Crippen molar-refractivity contribution < 1.29 is 13.2 Å². The number of imidazole rings is 1. The lowest BCUT2D eigenvalue weighted by Crippen LogP contribution is -2.31. The molecule has 118 valence electrons. The van der Waals surface area contributed by atoms with Crippen LogP contribution in [0, 0.1) is 5.92 Å². The van der Waals surface area contributed by atoms with Crippen LogP contribution in [0.3, 0.4) is 0 Å². The van der Waals surface area contributed by atoms with Crippen molar-refractivity contribution in [3.8, 4) is 0 Å². The van der Waals surface area contributed by atoms with Crippen LogP contribution in [0.1, 0.15) is 25.6 Å². The number of nitrogens with two attached hydrogens (primary N) is 1. The van der Waals surface area contributed by atoms with E-state index in [-0.39, 0.29) is 17.6 Å². The molecule has 0 bridgehead atoms. The zero-order chi connectivity index (χ0) is 15.5. The Kier molecular flexibility index (Phi) is 5.00. The number of primary sulfonamides is 1. The van der Waals surface area contributed by atoms with Gasteiger partial charge in [0.15, 0.2) is 0 Å². The van der Waals surface area contributed by atoms with Crippen molar-refractivity contribution >= 4 is 15.9 Å². The molecule has 1 aliphatic heterocycles. The number of hydrogen-bond acceptors (Lipinski definition) is 4. The molecule has 0 spiro atoms. The summed E-state index contributed by atoms with van der Waals surface area (Å²) in [5, 5.41) is 5.05. The van der Waals surface area contributed by atoms with Crippen molar-refractivity contribution in [3.05, 3.63) is 18.2 Å². The standard InChI is InChI=1S/C13H22N4O3S/c1-2-12-15-5-8-16(12)7-4-13(18)17-6-3-11(9-17)10-21(14,19)20/h5,8,11H,2-4,6-7,9-10H2,1H3,(H2,14,19,20)/t11-/m0/s1. The monoisotopic (exact) mass is 314 g/mol. The number of amides is 1. The van der Waals surface area contributed by atoms with Crippen molar-refractivity contribution in [2.45, 2.75) is 32.7 Å². The molecule has 2 heterocycles.